The first-order valence-electron chi connectivity index (χ1n) is 2.39. The average molecular weight is 107 g/mol. The van der Waals surface area contributed by atoms with E-state index in [4.69, 9.17) is 7.85 Å². The van der Waals surface area contributed by atoms with Crippen molar-refractivity contribution in [1.29, 1.82) is 0 Å². The van der Waals surface area contributed by atoms with Crippen molar-refractivity contribution in [3.63, 3.8) is 0 Å². The van der Waals surface area contributed by atoms with Gasteiger partial charge in [-0.3, -0.25) is 4.68 Å². The second kappa shape index (κ2) is 1.98. The van der Waals surface area contributed by atoms with Gasteiger partial charge in [0.25, 0.3) is 0 Å². The van der Waals surface area contributed by atoms with E-state index in [0.29, 0.717) is 6.44 Å². The Balaban J connectivity index is 2.84. The van der Waals surface area contributed by atoms with Crippen molar-refractivity contribution in [2.45, 2.75) is 13.4 Å². The highest BCUT2D eigenvalue weighted by atomic mass is 15.4. The first-order valence-corrected chi connectivity index (χ1v) is 2.39. The van der Waals surface area contributed by atoms with Gasteiger partial charge in [0.2, 0.25) is 0 Å². The summed E-state index contributed by atoms with van der Waals surface area (Å²) < 4.78 is 1.58. The molecule has 0 unspecified atom stereocenters. The maximum atomic E-state index is 5.22. The molecule has 1 aromatic rings. The number of nitrogens with zero attached hydrogens (tertiary/aromatic N) is 3. The highest BCUT2D eigenvalue weighted by Gasteiger charge is 1.87. The molecule has 0 N–H and O–H groups in total. The van der Waals surface area contributed by atoms with Gasteiger partial charge in [-0.15, -0.1) is 5.10 Å². The molecule has 0 amide bonds. The van der Waals surface area contributed by atoms with E-state index >= 15 is 0 Å². The lowest BCUT2D eigenvalue weighted by molar-refractivity contribution is 0.695. The number of hydrogen-bond donors (Lipinski definition) is 0. The predicted molar refractivity (Wildman–Crippen MR) is 30.5 cm³/mol. The number of rotatable bonds is 1. The summed E-state index contributed by atoms with van der Waals surface area (Å²) in [5.41, 5.74) is 0.899. The summed E-state index contributed by atoms with van der Waals surface area (Å²) in [4.78, 5) is 0. The molecule has 0 aliphatic carbocycles. The van der Waals surface area contributed by atoms with Crippen LogP contribution in [0.1, 0.15) is 5.69 Å². The summed E-state index contributed by atoms with van der Waals surface area (Å²) in [5, 5.41) is 7.40. The zero-order valence-electron chi connectivity index (χ0n) is 4.70. The van der Waals surface area contributed by atoms with Gasteiger partial charge >= 0.3 is 0 Å². The predicted octanol–water partition coefficient (Wildman–Crippen LogP) is -0.287. The third-order valence-corrected chi connectivity index (χ3v) is 0.840. The molecule has 1 rings (SSSR count). The van der Waals surface area contributed by atoms with Gasteiger partial charge in [-0.25, -0.2) is 0 Å². The molecule has 0 aliphatic heterocycles. The molecule has 0 bridgehead atoms. The summed E-state index contributed by atoms with van der Waals surface area (Å²) in [7, 11) is 5.22. The maximum Gasteiger partial charge on any atom is 0.0973 e. The highest BCUT2D eigenvalue weighted by molar-refractivity contribution is 6.06. The molecule has 1 aromatic heterocycles. The van der Waals surface area contributed by atoms with Crippen LogP contribution in [0.4, 0.5) is 0 Å². The Morgan fingerprint density at radius 3 is 2.88 bits per heavy atom. The minimum atomic E-state index is 0.404. The smallest absolute Gasteiger partial charge is 0.0973 e. The fourth-order valence-electron chi connectivity index (χ4n) is 0.485. The van der Waals surface area contributed by atoms with Crippen molar-refractivity contribution in [3.05, 3.63) is 11.9 Å². The quantitative estimate of drug-likeness (QED) is 0.461. The van der Waals surface area contributed by atoms with E-state index in [-0.39, 0.29) is 0 Å². The molecule has 8 heavy (non-hydrogen) atoms. The van der Waals surface area contributed by atoms with Gasteiger partial charge in [0.05, 0.1) is 13.5 Å². The zero-order valence-corrected chi connectivity index (χ0v) is 4.70. The Morgan fingerprint density at radius 1 is 1.88 bits per heavy atom. The van der Waals surface area contributed by atoms with Crippen LogP contribution in [0, 0.1) is 6.92 Å². The first kappa shape index (κ1) is 5.34. The molecule has 0 fully saturated rings. The van der Waals surface area contributed by atoms with Crippen LogP contribution in [0.25, 0.3) is 0 Å². The van der Waals surface area contributed by atoms with E-state index in [0.717, 1.165) is 5.69 Å². The minimum absolute atomic E-state index is 0.404. The monoisotopic (exact) mass is 107 g/mol. The van der Waals surface area contributed by atoms with Crippen molar-refractivity contribution in [2.24, 2.45) is 0 Å². The molecular weight excluding hydrogens is 101 g/mol. The van der Waals surface area contributed by atoms with Gasteiger partial charge in [0.15, 0.2) is 0 Å². The Morgan fingerprint density at radius 2 is 2.62 bits per heavy atom. The van der Waals surface area contributed by atoms with E-state index in [1.165, 1.54) is 0 Å². The van der Waals surface area contributed by atoms with Crippen molar-refractivity contribution in [1.82, 2.24) is 15.0 Å². The Labute approximate surface area is 49.1 Å². The molecule has 2 radical (unpaired) electrons. The van der Waals surface area contributed by atoms with Gasteiger partial charge in [0, 0.05) is 12.6 Å². The van der Waals surface area contributed by atoms with Crippen molar-refractivity contribution in [3.8, 4) is 0 Å². The standard InChI is InChI=1S/C4H6BN3/c1-4-2-8(3-5)7-6-4/h2H,3H2,1H3. The number of hydrogen-bond acceptors (Lipinski definition) is 2. The topological polar surface area (TPSA) is 30.7 Å². The van der Waals surface area contributed by atoms with Gasteiger partial charge < -0.3 is 0 Å². The SMILES string of the molecule is [B]Cn1cc(C)nn1. The summed E-state index contributed by atoms with van der Waals surface area (Å²) in [6, 6.07) is 0. The first-order chi connectivity index (χ1) is 3.83. The van der Waals surface area contributed by atoms with Crippen LogP contribution in [0.3, 0.4) is 0 Å². The van der Waals surface area contributed by atoms with E-state index in [1.54, 1.807) is 10.9 Å². The molecule has 40 valence electrons. The average Bonchev–Trinajstić information content (AvgIpc) is 2.14. The van der Waals surface area contributed by atoms with Gasteiger partial charge in [-0.1, -0.05) is 5.21 Å². The summed E-state index contributed by atoms with van der Waals surface area (Å²) >= 11 is 0. The van der Waals surface area contributed by atoms with E-state index in [9.17, 15) is 0 Å². The van der Waals surface area contributed by atoms with E-state index in [2.05, 4.69) is 10.3 Å². The van der Waals surface area contributed by atoms with Crippen molar-refractivity contribution < 1.29 is 0 Å². The Bertz CT molecular complexity index is 172. The number of aryl methyl sites for hydroxylation is 1. The highest BCUT2D eigenvalue weighted by Crippen LogP contribution is 1.85. The van der Waals surface area contributed by atoms with Crippen LogP contribution in [-0.4, -0.2) is 22.8 Å². The maximum absolute atomic E-state index is 5.22. The Kier molecular flexibility index (Phi) is 1.33. The zero-order chi connectivity index (χ0) is 5.98. The van der Waals surface area contributed by atoms with E-state index in [1.807, 2.05) is 6.92 Å². The molecule has 0 saturated carbocycles. The molecule has 0 spiro atoms. The second-order valence-electron chi connectivity index (χ2n) is 1.58. The van der Waals surface area contributed by atoms with Gasteiger partial charge in [-0.05, 0) is 6.92 Å². The van der Waals surface area contributed by atoms with E-state index < -0.39 is 0 Å². The van der Waals surface area contributed by atoms with Crippen LogP contribution in [0.5, 0.6) is 0 Å². The molecule has 0 atom stereocenters. The molecule has 0 aliphatic rings. The lowest BCUT2D eigenvalue weighted by Crippen LogP contribution is -1.96. The van der Waals surface area contributed by atoms with Crippen LogP contribution in [-0.2, 0) is 6.44 Å². The van der Waals surface area contributed by atoms with Crippen LogP contribution in [0.15, 0.2) is 6.20 Å². The van der Waals surface area contributed by atoms with Crippen LogP contribution in [0.2, 0.25) is 0 Å². The lowest BCUT2D eigenvalue weighted by atomic mass is 10.2. The molecule has 0 aromatic carbocycles. The normalized spacial score (nSPS) is 9.62. The van der Waals surface area contributed by atoms with Gasteiger partial charge in [-0.2, -0.15) is 0 Å². The van der Waals surface area contributed by atoms with Crippen LogP contribution >= 0.6 is 0 Å². The molecule has 1 heterocycles. The third-order valence-electron chi connectivity index (χ3n) is 0.840. The molecular formula is C4H6BN3. The molecule has 3 nitrogen and oxygen atoms in total. The van der Waals surface area contributed by atoms with Gasteiger partial charge in [0.1, 0.15) is 0 Å². The fraction of sp³-hybridized carbons (Fsp3) is 0.500. The molecule has 4 heteroatoms. The largest absolute Gasteiger partial charge is 0.261 e. The van der Waals surface area contributed by atoms with Crippen molar-refractivity contribution in [2.75, 3.05) is 0 Å². The Hall–Kier alpha value is -0.795. The fourth-order valence-corrected chi connectivity index (χ4v) is 0.485. The summed E-state index contributed by atoms with van der Waals surface area (Å²) in [5.74, 6) is 0. The minimum Gasteiger partial charge on any atom is -0.261 e. The third kappa shape index (κ3) is 0.884. The summed E-state index contributed by atoms with van der Waals surface area (Å²) in [6.07, 6.45) is 2.20. The lowest BCUT2D eigenvalue weighted by Gasteiger charge is -1.86. The summed E-state index contributed by atoms with van der Waals surface area (Å²) in [6.45, 7) is 1.87. The second-order valence-corrected chi connectivity index (χ2v) is 1.58. The van der Waals surface area contributed by atoms with Crippen molar-refractivity contribution >= 4 is 7.85 Å². The molecule has 0 saturated heterocycles. The van der Waals surface area contributed by atoms with Crippen LogP contribution < -0.4 is 0 Å². The number of aromatic nitrogens is 3.